The van der Waals surface area contributed by atoms with Crippen LogP contribution in [0.4, 0.5) is 5.69 Å². The molecule has 0 aromatic heterocycles. The molecule has 38 heavy (non-hydrogen) atoms. The zero-order chi connectivity index (χ0) is 26.6. The standard InChI is InChI=1S/C31H39ClN2O3S/c1-21-7-3-4-8-23-10-11-26(23)19-34-20-27-12-14-28(32)17-24(27)9-5-6-16-37-30-15-13-25(18-29(30)34)31(35)33-38(36)22(21)2/h3-4,12-15,17-18,21-23,26,38H,5-11,16,19-20H2,1-2H3/b4-3+/t21-,22+,23+,26-/m0/s1. The number of benzene rings is 2. The molecule has 7 heteroatoms. The van der Waals surface area contributed by atoms with Gasteiger partial charge in [-0.05, 0) is 111 Å². The molecule has 1 unspecified atom stereocenters. The topological polar surface area (TPSA) is 59.0 Å². The number of allylic oxidation sites excluding steroid dienone is 2. The lowest BCUT2D eigenvalue weighted by Gasteiger charge is -2.41. The van der Waals surface area contributed by atoms with E-state index in [1.54, 1.807) is 6.07 Å². The molecule has 2 aliphatic heterocycles. The summed E-state index contributed by atoms with van der Waals surface area (Å²) in [6.07, 6.45) is 11.8. The maximum Gasteiger partial charge on any atom is 0.284 e. The molecule has 0 N–H and O–H groups in total. The minimum Gasteiger partial charge on any atom is -0.491 e. The molecule has 1 saturated carbocycles. The van der Waals surface area contributed by atoms with E-state index in [-0.39, 0.29) is 11.2 Å². The van der Waals surface area contributed by atoms with E-state index in [1.165, 1.54) is 24.0 Å². The number of amides is 1. The quantitative estimate of drug-likeness (QED) is 0.275. The van der Waals surface area contributed by atoms with E-state index in [2.05, 4.69) is 40.5 Å². The Hall–Kier alpha value is -2.31. The summed E-state index contributed by atoms with van der Waals surface area (Å²) in [6, 6.07) is 11.8. The van der Waals surface area contributed by atoms with Gasteiger partial charge in [0.2, 0.25) is 0 Å². The second-order valence-corrected chi connectivity index (χ2v) is 13.3. The predicted octanol–water partition coefficient (Wildman–Crippen LogP) is 7.27. The van der Waals surface area contributed by atoms with Crippen LogP contribution in [-0.4, -0.2) is 28.5 Å². The van der Waals surface area contributed by atoms with Gasteiger partial charge in [-0.3, -0.25) is 9.00 Å². The molecular weight excluding hydrogens is 516 g/mol. The van der Waals surface area contributed by atoms with Gasteiger partial charge >= 0.3 is 0 Å². The normalized spacial score (nSPS) is 29.8. The number of nitrogens with zero attached hydrogens (tertiary/aromatic N) is 2. The Balaban J connectivity index is 1.59. The average molecular weight is 555 g/mol. The van der Waals surface area contributed by atoms with Crippen LogP contribution in [0.3, 0.4) is 0 Å². The monoisotopic (exact) mass is 554 g/mol. The molecule has 3 aliphatic rings. The SMILES string of the molecule is C[C@@H]1[C@@H](C)C/C=C/C[C@@H]2CC[C@H]2CN2Cc3ccc(Cl)cc3CCCCOc3ccc(cc32)C(=O)/N=[SH]\1=O. The first-order valence-electron chi connectivity index (χ1n) is 14.1. The van der Waals surface area contributed by atoms with Crippen molar-refractivity contribution in [3.05, 3.63) is 70.3 Å². The Morgan fingerprint density at radius 1 is 1.00 bits per heavy atom. The molecule has 1 fully saturated rings. The molecule has 0 spiro atoms. The molecule has 2 aromatic rings. The number of fused-ring (bicyclic) bond motifs is 3. The van der Waals surface area contributed by atoms with Crippen molar-refractivity contribution in [2.45, 2.75) is 70.6 Å². The molecule has 1 aliphatic carbocycles. The zero-order valence-electron chi connectivity index (χ0n) is 22.4. The number of aryl methyl sites for hydroxylation is 1. The van der Waals surface area contributed by atoms with Gasteiger partial charge in [0.05, 0.1) is 12.3 Å². The maximum absolute atomic E-state index is 13.2. The summed E-state index contributed by atoms with van der Waals surface area (Å²) in [5.41, 5.74) is 3.92. The van der Waals surface area contributed by atoms with Gasteiger partial charge in [0.25, 0.3) is 5.91 Å². The van der Waals surface area contributed by atoms with Crippen molar-refractivity contribution in [2.75, 3.05) is 18.1 Å². The number of carbonyl (C=O) groups is 1. The highest BCUT2D eigenvalue weighted by atomic mass is 35.5. The fourth-order valence-corrected chi connectivity index (χ4v) is 6.99. The van der Waals surface area contributed by atoms with Gasteiger partial charge in [-0.15, -0.1) is 0 Å². The molecule has 0 saturated heterocycles. The van der Waals surface area contributed by atoms with Crippen LogP contribution in [0.1, 0.15) is 73.9 Å². The molecule has 204 valence electrons. The van der Waals surface area contributed by atoms with Crippen molar-refractivity contribution in [3.8, 4) is 5.75 Å². The molecule has 2 bridgehead atoms. The van der Waals surface area contributed by atoms with Gasteiger partial charge in [0.1, 0.15) is 5.75 Å². The Morgan fingerprint density at radius 3 is 2.63 bits per heavy atom. The van der Waals surface area contributed by atoms with Crippen LogP contribution in [0.5, 0.6) is 5.75 Å². The molecule has 5 atom stereocenters. The van der Waals surface area contributed by atoms with Crippen molar-refractivity contribution in [1.29, 1.82) is 0 Å². The summed E-state index contributed by atoms with van der Waals surface area (Å²) in [5, 5.41) is 0.604. The summed E-state index contributed by atoms with van der Waals surface area (Å²) in [7, 11) is -2.01. The number of ether oxygens (including phenoxy) is 1. The van der Waals surface area contributed by atoms with E-state index in [0.717, 1.165) is 61.7 Å². The number of halogens is 1. The fourth-order valence-electron chi connectivity index (χ4n) is 5.76. The molecule has 5 nitrogen and oxygen atoms in total. The lowest BCUT2D eigenvalue weighted by molar-refractivity contribution is 0.100. The Kier molecular flexibility index (Phi) is 8.79. The van der Waals surface area contributed by atoms with Crippen molar-refractivity contribution >= 4 is 33.8 Å². The van der Waals surface area contributed by atoms with E-state index < -0.39 is 16.5 Å². The number of hydrogen-bond donors (Lipinski definition) is 1. The van der Waals surface area contributed by atoms with Crippen LogP contribution in [0.15, 0.2) is 52.9 Å². The van der Waals surface area contributed by atoms with Crippen molar-refractivity contribution in [1.82, 2.24) is 0 Å². The number of carbonyl (C=O) groups excluding carboxylic acids is 1. The van der Waals surface area contributed by atoms with Gasteiger partial charge in [-0.2, -0.15) is 4.36 Å². The highest BCUT2D eigenvalue weighted by molar-refractivity contribution is 7.76. The maximum atomic E-state index is 13.2. The van der Waals surface area contributed by atoms with Crippen molar-refractivity contribution in [3.63, 3.8) is 0 Å². The van der Waals surface area contributed by atoms with E-state index in [9.17, 15) is 9.00 Å². The van der Waals surface area contributed by atoms with Crippen LogP contribution in [-0.2, 0) is 23.6 Å². The first-order chi connectivity index (χ1) is 18.4. The highest BCUT2D eigenvalue weighted by Gasteiger charge is 2.32. The summed E-state index contributed by atoms with van der Waals surface area (Å²) in [6.45, 7) is 6.27. The average Bonchev–Trinajstić information content (AvgIpc) is 2.92. The Labute approximate surface area is 233 Å². The zero-order valence-corrected chi connectivity index (χ0v) is 24.1. The first-order valence-corrected chi connectivity index (χ1v) is 15.7. The summed E-state index contributed by atoms with van der Waals surface area (Å²) >= 11 is 6.39. The molecule has 0 radical (unpaired) electrons. The molecule has 2 aromatic carbocycles. The van der Waals surface area contributed by atoms with Crippen LogP contribution >= 0.6 is 11.6 Å². The molecule has 5 rings (SSSR count). The van der Waals surface area contributed by atoms with Crippen LogP contribution < -0.4 is 9.64 Å². The third-order valence-electron chi connectivity index (χ3n) is 8.68. The third-order valence-corrected chi connectivity index (χ3v) is 10.5. The summed E-state index contributed by atoms with van der Waals surface area (Å²) in [4.78, 5) is 15.6. The summed E-state index contributed by atoms with van der Waals surface area (Å²) < 4.78 is 23.5. The van der Waals surface area contributed by atoms with Gasteiger partial charge in [-0.1, -0.05) is 36.7 Å². The Morgan fingerprint density at radius 2 is 1.82 bits per heavy atom. The van der Waals surface area contributed by atoms with Gasteiger partial charge < -0.3 is 9.64 Å². The number of anilines is 1. The molecular formula is C31H39ClN2O3S. The van der Waals surface area contributed by atoms with Gasteiger partial charge in [0, 0.05) is 39.5 Å². The second-order valence-electron chi connectivity index (χ2n) is 11.2. The third kappa shape index (κ3) is 6.28. The van der Waals surface area contributed by atoms with Gasteiger partial charge in [-0.25, -0.2) is 0 Å². The lowest BCUT2D eigenvalue weighted by atomic mass is 9.71. The lowest BCUT2D eigenvalue weighted by Crippen LogP contribution is -2.38. The number of hydrogen-bond acceptors (Lipinski definition) is 4. The second kappa shape index (κ2) is 12.3. The van der Waals surface area contributed by atoms with E-state index >= 15 is 0 Å². The first kappa shape index (κ1) is 27.3. The van der Waals surface area contributed by atoms with Crippen molar-refractivity contribution in [2.24, 2.45) is 22.1 Å². The molecule has 1 amide bonds. The van der Waals surface area contributed by atoms with Gasteiger partial charge in [0.15, 0.2) is 0 Å². The van der Waals surface area contributed by atoms with E-state index in [1.807, 2.05) is 25.1 Å². The largest absolute Gasteiger partial charge is 0.491 e. The van der Waals surface area contributed by atoms with Crippen molar-refractivity contribution < 1.29 is 13.7 Å². The van der Waals surface area contributed by atoms with E-state index in [4.69, 9.17) is 16.3 Å². The van der Waals surface area contributed by atoms with Crippen LogP contribution in [0.25, 0.3) is 0 Å². The van der Waals surface area contributed by atoms with Crippen LogP contribution in [0, 0.1) is 17.8 Å². The van der Waals surface area contributed by atoms with E-state index in [0.29, 0.717) is 24.0 Å². The van der Waals surface area contributed by atoms with Crippen LogP contribution in [0.2, 0.25) is 5.02 Å². The minimum atomic E-state index is -2.01. The number of thiol groups is 1. The minimum absolute atomic E-state index is 0.161. The highest BCUT2D eigenvalue weighted by Crippen LogP contribution is 2.41. The smallest absolute Gasteiger partial charge is 0.284 e. The predicted molar refractivity (Wildman–Crippen MR) is 157 cm³/mol. The number of rotatable bonds is 0. The molecule has 2 heterocycles. The summed E-state index contributed by atoms with van der Waals surface area (Å²) in [5.74, 6) is 1.80. The fraction of sp³-hybridized carbons (Fsp3) is 0.516. The Bertz CT molecular complexity index is 1290.